The van der Waals surface area contributed by atoms with E-state index >= 15 is 0 Å². The molecule has 1 aromatic heterocycles. The smallest absolute Gasteiger partial charge is 0.290 e. The largest absolute Gasteiger partial charge is 0.438 e. The van der Waals surface area contributed by atoms with Crippen LogP contribution in [0.4, 0.5) is 5.88 Å². The highest BCUT2D eigenvalue weighted by Gasteiger charge is 2.16. The quantitative estimate of drug-likeness (QED) is 0.675. The number of anilines is 1. The summed E-state index contributed by atoms with van der Waals surface area (Å²) < 4.78 is 5.38. The number of rotatable bonds is 2. The Morgan fingerprint density at radius 2 is 2.05 bits per heavy atom. The minimum absolute atomic E-state index is 0.0714. The van der Waals surface area contributed by atoms with Crippen molar-refractivity contribution in [3.8, 4) is 0 Å². The predicted molar refractivity (Wildman–Crippen MR) is 71.7 cm³/mol. The first-order chi connectivity index (χ1) is 8.93. The van der Waals surface area contributed by atoms with Crippen LogP contribution in [0, 0.1) is 13.8 Å². The van der Waals surface area contributed by atoms with Crippen molar-refractivity contribution in [3.63, 3.8) is 0 Å². The van der Waals surface area contributed by atoms with Gasteiger partial charge in [-0.25, -0.2) is 0 Å². The monoisotopic (exact) mass is 279 g/mol. The molecule has 0 aliphatic heterocycles. The van der Waals surface area contributed by atoms with E-state index in [0.717, 1.165) is 11.1 Å². The zero-order chi connectivity index (χ0) is 14.2. The van der Waals surface area contributed by atoms with Crippen LogP contribution in [0.3, 0.4) is 0 Å². The summed E-state index contributed by atoms with van der Waals surface area (Å²) >= 11 is 5.85. The molecule has 1 aromatic carbocycles. The number of nitrogens with one attached hydrogen (secondary N) is 1. The van der Waals surface area contributed by atoms with Crippen molar-refractivity contribution in [2.75, 3.05) is 5.32 Å². The third-order valence-corrected chi connectivity index (χ3v) is 2.97. The Morgan fingerprint density at radius 1 is 1.37 bits per heavy atom. The molecule has 6 heteroatoms. The van der Waals surface area contributed by atoms with E-state index in [1.165, 1.54) is 0 Å². The molecular weight excluding hydrogens is 270 g/mol. The summed E-state index contributed by atoms with van der Waals surface area (Å²) in [7, 11) is 0. The standard InChI is InChI=1S/C13H10ClNO4/c1-6-3-7(2)10-8(4-6)19-13(11(14)12(10)18)15-9(17)5-16/h3-5H,1-2H3,(H,15,17). The average Bonchev–Trinajstić information content (AvgIpc) is 2.34. The number of fused-ring (bicyclic) bond motifs is 1. The van der Waals surface area contributed by atoms with Crippen LogP contribution in [0.5, 0.6) is 0 Å². The summed E-state index contributed by atoms with van der Waals surface area (Å²) in [6, 6.07) is 3.50. The molecule has 19 heavy (non-hydrogen) atoms. The molecule has 0 fully saturated rings. The van der Waals surface area contributed by atoms with Gasteiger partial charge in [-0.1, -0.05) is 17.7 Å². The van der Waals surface area contributed by atoms with Gasteiger partial charge < -0.3 is 4.42 Å². The van der Waals surface area contributed by atoms with E-state index in [1.54, 1.807) is 13.0 Å². The third-order valence-electron chi connectivity index (χ3n) is 2.63. The second-order valence-electron chi connectivity index (χ2n) is 4.14. The van der Waals surface area contributed by atoms with Crippen molar-refractivity contribution in [1.82, 2.24) is 0 Å². The number of hydrogen-bond donors (Lipinski definition) is 1. The molecule has 0 bridgehead atoms. The summed E-state index contributed by atoms with van der Waals surface area (Å²) in [6.07, 6.45) is 0.0714. The second kappa shape index (κ2) is 4.85. The van der Waals surface area contributed by atoms with Gasteiger partial charge in [0.1, 0.15) is 10.6 Å². The molecule has 1 heterocycles. The number of carbonyl (C=O) groups excluding carboxylic acids is 2. The van der Waals surface area contributed by atoms with Crippen molar-refractivity contribution in [2.45, 2.75) is 13.8 Å². The fourth-order valence-corrected chi connectivity index (χ4v) is 2.07. The van der Waals surface area contributed by atoms with Gasteiger partial charge >= 0.3 is 0 Å². The van der Waals surface area contributed by atoms with E-state index in [4.69, 9.17) is 16.0 Å². The van der Waals surface area contributed by atoms with Gasteiger partial charge in [0.2, 0.25) is 17.6 Å². The highest BCUT2D eigenvalue weighted by Crippen LogP contribution is 2.26. The Kier molecular flexibility index (Phi) is 3.40. The second-order valence-corrected chi connectivity index (χ2v) is 4.51. The van der Waals surface area contributed by atoms with Crippen LogP contribution in [-0.4, -0.2) is 12.2 Å². The van der Waals surface area contributed by atoms with Crippen LogP contribution in [0.25, 0.3) is 11.0 Å². The maximum Gasteiger partial charge on any atom is 0.290 e. The molecule has 0 aliphatic rings. The number of benzene rings is 1. The lowest BCUT2D eigenvalue weighted by Crippen LogP contribution is -2.15. The topological polar surface area (TPSA) is 76.4 Å². The lowest BCUT2D eigenvalue weighted by Gasteiger charge is -2.07. The van der Waals surface area contributed by atoms with Gasteiger partial charge in [-0.15, -0.1) is 0 Å². The number of hydrogen-bond acceptors (Lipinski definition) is 4. The normalized spacial score (nSPS) is 10.5. The Labute approximate surface area is 113 Å². The molecule has 0 unspecified atom stereocenters. The molecule has 1 N–H and O–H groups in total. The molecule has 1 amide bonds. The molecular formula is C13H10ClNO4. The number of halogens is 1. The van der Waals surface area contributed by atoms with Crippen LogP contribution >= 0.6 is 11.6 Å². The minimum Gasteiger partial charge on any atom is -0.438 e. The summed E-state index contributed by atoms with van der Waals surface area (Å²) in [5.41, 5.74) is 1.51. The van der Waals surface area contributed by atoms with E-state index in [1.807, 2.05) is 13.0 Å². The third kappa shape index (κ3) is 2.37. The van der Waals surface area contributed by atoms with Gasteiger partial charge in [0.05, 0.1) is 5.39 Å². The highest BCUT2D eigenvalue weighted by molar-refractivity contribution is 6.36. The van der Waals surface area contributed by atoms with Gasteiger partial charge in [0.25, 0.3) is 5.91 Å². The molecule has 2 aromatic rings. The maximum absolute atomic E-state index is 12.1. The molecule has 0 aliphatic carbocycles. The van der Waals surface area contributed by atoms with Crippen molar-refractivity contribution in [1.29, 1.82) is 0 Å². The van der Waals surface area contributed by atoms with Crippen molar-refractivity contribution in [3.05, 3.63) is 38.5 Å². The zero-order valence-electron chi connectivity index (χ0n) is 10.2. The fourth-order valence-electron chi connectivity index (χ4n) is 1.89. The summed E-state index contributed by atoms with van der Waals surface area (Å²) in [6.45, 7) is 3.62. The Morgan fingerprint density at radius 3 is 2.68 bits per heavy atom. The zero-order valence-corrected chi connectivity index (χ0v) is 11.0. The fraction of sp³-hybridized carbons (Fsp3) is 0.154. The first-order valence-corrected chi connectivity index (χ1v) is 5.81. The van der Waals surface area contributed by atoms with Crippen LogP contribution < -0.4 is 10.7 Å². The number of amides is 1. The van der Waals surface area contributed by atoms with Crippen LogP contribution in [0.2, 0.25) is 5.02 Å². The van der Waals surface area contributed by atoms with Gasteiger partial charge in [-0.05, 0) is 31.0 Å². The Balaban J connectivity index is 2.76. The molecule has 0 saturated heterocycles. The summed E-state index contributed by atoms with van der Waals surface area (Å²) in [5, 5.41) is 2.23. The summed E-state index contributed by atoms with van der Waals surface area (Å²) in [5.74, 6) is -1.16. The predicted octanol–water partition coefficient (Wildman–Crippen LogP) is 2.20. The molecule has 0 spiro atoms. The van der Waals surface area contributed by atoms with Crippen LogP contribution in [0.15, 0.2) is 21.3 Å². The number of carbonyl (C=O) groups is 2. The van der Waals surface area contributed by atoms with E-state index in [0.29, 0.717) is 11.0 Å². The molecule has 5 nitrogen and oxygen atoms in total. The maximum atomic E-state index is 12.1. The van der Waals surface area contributed by atoms with Gasteiger partial charge in [-0.2, -0.15) is 0 Å². The SMILES string of the molecule is Cc1cc(C)c2c(=O)c(Cl)c(NC(=O)C=O)oc2c1. The molecule has 0 atom stereocenters. The Bertz CT molecular complexity index is 748. The van der Waals surface area contributed by atoms with E-state index in [2.05, 4.69) is 5.32 Å². The Hall–Kier alpha value is -2.14. The van der Waals surface area contributed by atoms with E-state index in [9.17, 15) is 14.4 Å². The van der Waals surface area contributed by atoms with Crippen molar-refractivity contribution < 1.29 is 14.0 Å². The van der Waals surface area contributed by atoms with Crippen LogP contribution in [-0.2, 0) is 9.59 Å². The van der Waals surface area contributed by atoms with Gasteiger partial charge in [0, 0.05) is 0 Å². The first kappa shape index (κ1) is 13.3. The van der Waals surface area contributed by atoms with Crippen LogP contribution in [0.1, 0.15) is 11.1 Å². The van der Waals surface area contributed by atoms with E-state index in [-0.39, 0.29) is 17.2 Å². The first-order valence-electron chi connectivity index (χ1n) is 5.43. The number of aldehydes is 1. The minimum atomic E-state index is -0.936. The number of aryl methyl sites for hydroxylation is 2. The molecule has 0 radical (unpaired) electrons. The van der Waals surface area contributed by atoms with Gasteiger partial charge in [0.15, 0.2) is 0 Å². The lowest BCUT2D eigenvalue weighted by molar-refractivity contribution is -0.127. The lowest BCUT2D eigenvalue weighted by atomic mass is 10.1. The van der Waals surface area contributed by atoms with Crippen molar-refractivity contribution in [2.24, 2.45) is 0 Å². The molecule has 98 valence electrons. The van der Waals surface area contributed by atoms with Crippen molar-refractivity contribution >= 4 is 40.6 Å². The average molecular weight is 280 g/mol. The van der Waals surface area contributed by atoms with Gasteiger partial charge in [-0.3, -0.25) is 19.7 Å². The molecule has 0 saturated carbocycles. The highest BCUT2D eigenvalue weighted by atomic mass is 35.5. The molecule has 2 rings (SSSR count). The van der Waals surface area contributed by atoms with E-state index < -0.39 is 11.3 Å². The summed E-state index contributed by atoms with van der Waals surface area (Å²) in [4.78, 5) is 33.4.